The van der Waals surface area contributed by atoms with Crippen molar-refractivity contribution < 1.29 is 19.4 Å². The SMILES string of the molecule is CC(C)(C)OC(=O)NC1(CC(=O)O)CCCCCC1. The highest BCUT2D eigenvalue weighted by Crippen LogP contribution is 2.30. The fraction of sp³-hybridized carbons (Fsp3) is 0.857. The normalized spacial score (nSPS) is 19.3. The van der Waals surface area contributed by atoms with Crippen LogP contribution < -0.4 is 5.32 Å². The number of aliphatic carboxylic acids is 1. The molecule has 0 aliphatic heterocycles. The van der Waals surface area contributed by atoms with E-state index in [1.165, 1.54) is 0 Å². The molecule has 5 nitrogen and oxygen atoms in total. The summed E-state index contributed by atoms with van der Waals surface area (Å²) in [6.45, 7) is 5.39. The van der Waals surface area contributed by atoms with Gasteiger partial charge in [0.1, 0.15) is 5.60 Å². The molecule has 1 aliphatic rings. The van der Waals surface area contributed by atoms with E-state index >= 15 is 0 Å². The average molecular weight is 271 g/mol. The molecule has 0 aromatic rings. The first-order chi connectivity index (χ1) is 8.72. The second-order valence-corrected chi connectivity index (χ2v) is 6.39. The van der Waals surface area contributed by atoms with Crippen molar-refractivity contribution in [2.45, 2.75) is 76.9 Å². The maximum atomic E-state index is 11.9. The first-order valence-corrected chi connectivity index (χ1v) is 6.95. The fourth-order valence-corrected chi connectivity index (χ4v) is 2.56. The van der Waals surface area contributed by atoms with Crippen LogP contribution in [-0.4, -0.2) is 28.3 Å². The summed E-state index contributed by atoms with van der Waals surface area (Å²) in [6, 6.07) is 0. The molecule has 1 saturated carbocycles. The fourth-order valence-electron chi connectivity index (χ4n) is 2.56. The van der Waals surface area contributed by atoms with Crippen molar-refractivity contribution in [3.8, 4) is 0 Å². The highest BCUT2D eigenvalue weighted by Gasteiger charge is 2.36. The van der Waals surface area contributed by atoms with Crippen LogP contribution in [0.2, 0.25) is 0 Å². The number of carbonyl (C=O) groups excluding carboxylic acids is 1. The molecule has 2 N–H and O–H groups in total. The molecule has 0 saturated heterocycles. The molecule has 19 heavy (non-hydrogen) atoms. The molecule has 0 radical (unpaired) electrons. The van der Waals surface area contributed by atoms with Crippen molar-refractivity contribution >= 4 is 12.1 Å². The van der Waals surface area contributed by atoms with Crippen LogP contribution in [0.4, 0.5) is 4.79 Å². The van der Waals surface area contributed by atoms with E-state index < -0.39 is 23.2 Å². The van der Waals surface area contributed by atoms with Crippen LogP contribution in [0.5, 0.6) is 0 Å². The molecular formula is C14H25NO4. The minimum Gasteiger partial charge on any atom is -0.481 e. The number of carbonyl (C=O) groups is 2. The summed E-state index contributed by atoms with van der Waals surface area (Å²) in [5, 5.41) is 11.9. The molecule has 110 valence electrons. The van der Waals surface area contributed by atoms with Crippen molar-refractivity contribution in [2.75, 3.05) is 0 Å². The first-order valence-electron chi connectivity index (χ1n) is 6.95. The van der Waals surface area contributed by atoms with Gasteiger partial charge in [0.2, 0.25) is 0 Å². The molecule has 0 aromatic heterocycles. The van der Waals surface area contributed by atoms with E-state index in [2.05, 4.69) is 5.32 Å². The Labute approximate surface area is 114 Å². The Hall–Kier alpha value is -1.26. The van der Waals surface area contributed by atoms with Crippen LogP contribution in [0.15, 0.2) is 0 Å². The number of nitrogens with one attached hydrogen (secondary N) is 1. The second kappa shape index (κ2) is 6.26. The number of alkyl carbamates (subject to hydrolysis) is 1. The number of carboxylic acid groups (broad SMARTS) is 1. The van der Waals surface area contributed by atoms with Gasteiger partial charge in [-0.15, -0.1) is 0 Å². The summed E-state index contributed by atoms with van der Waals surface area (Å²) >= 11 is 0. The van der Waals surface area contributed by atoms with Gasteiger partial charge in [-0.25, -0.2) is 4.79 Å². The highest BCUT2D eigenvalue weighted by atomic mass is 16.6. The Kier molecular flexibility index (Phi) is 5.20. The quantitative estimate of drug-likeness (QED) is 0.773. The number of carboxylic acids is 1. The Morgan fingerprint density at radius 3 is 2.11 bits per heavy atom. The molecule has 0 aromatic carbocycles. The largest absolute Gasteiger partial charge is 0.481 e. The number of hydrogen-bond donors (Lipinski definition) is 2. The minimum absolute atomic E-state index is 0.0355. The lowest BCUT2D eigenvalue weighted by Gasteiger charge is -2.33. The van der Waals surface area contributed by atoms with Crippen LogP contribution in [-0.2, 0) is 9.53 Å². The van der Waals surface area contributed by atoms with Gasteiger partial charge >= 0.3 is 12.1 Å². The number of hydrogen-bond acceptors (Lipinski definition) is 3. The van der Waals surface area contributed by atoms with Gasteiger partial charge in [0.25, 0.3) is 0 Å². The Bertz CT molecular complexity index is 325. The summed E-state index contributed by atoms with van der Waals surface area (Å²) in [6.07, 6.45) is 4.94. The van der Waals surface area contributed by atoms with E-state index in [1.54, 1.807) is 20.8 Å². The number of ether oxygens (including phenoxy) is 1. The molecule has 0 unspecified atom stereocenters. The smallest absolute Gasteiger partial charge is 0.408 e. The Morgan fingerprint density at radius 2 is 1.68 bits per heavy atom. The van der Waals surface area contributed by atoms with E-state index in [-0.39, 0.29) is 6.42 Å². The second-order valence-electron chi connectivity index (χ2n) is 6.39. The molecule has 0 spiro atoms. The third kappa shape index (κ3) is 5.94. The van der Waals surface area contributed by atoms with Crippen molar-refractivity contribution in [2.24, 2.45) is 0 Å². The van der Waals surface area contributed by atoms with E-state index in [9.17, 15) is 9.59 Å². The number of amides is 1. The van der Waals surface area contributed by atoms with Gasteiger partial charge in [0.05, 0.1) is 12.0 Å². The predicted molar refractivity (Wildman–Crippen MR) is 72.1 cm³/mol. The lowest BCUT2D eigenvalue weighted by molar-refractivity contribution is -0.138. The van der Waals surface area contributed by atoms with Gasteiger partial charge in [-0.1, -0.05) is 25.7 Å². The van der Waals surface area contributed by atoms with E-state index in [0.717, 1.165) is 25.7 Å². The van der Waals surface area contributed by atoms with E-state index in [4.69, 9.17) is 9.84 Å². The zero-order chi connectivity index (χ0) is 14.5. The molecule has 1 rings (SSSR count). The van der Waals surface area contributed by atoms with Gasteiger partial charge in [-0.2, -0.15) is 0 Å². The number of rotatable bonds is 3. The van der Waals surface area contributed by atoms with Crippen LogP contribution in [0.25, 0.3) is 0 Å². The van der Waals surface area contributed by atoms with Gasteiger partial charge in [-0.05, 0) is 33.6 Å². The lowest BCUT2D eigenvalue weighted by Crippen LogP contribution is -2.51. The van der Waals surface area contributed by atoms with Gasteiger partial charge in [0, 0.05) is 0 Å². The maximum Gasteiger partial charge on any atom is 0.408 e. The van der Waals surface area contributed by atoms with Gasteiger partial charge in [-0.3, -0.25) is 4.79 Å². The summed E-state index contributed by atoms with van der Waals surface area (Å²) in [5.74, 6) is -0.877. The molecule has 1 amide bonds. The van der Waals surface area contributed by atoms with Crippen LogP contribution in [0.1, 0.15) is 65.7 Å². The summed E-state index contributed by atoms with van der Waals surface area (Å²) in [7, 11) is 0. The molecule has 0 bridgehead atoms. The lowest BCUT2D eigenvalue weighted by atomic mass is 9.87. The van der Waals surface area contributed by atoms with Gasteiger partial charge < -0.3 is 15.2 Å². The Morgan fingerprint density at radius 1 is 1.16 bits per heavy atom. The van der Waals surface area contributed by atoms with Crippen LogP contribution in [0.3, 0.4) is 0 Å². The van der Waals surface area contributed by atoms with Crippen LogP contribution >= 0.6 is 0 Å². The highest BCUT2D eigenvalue weighted by molar-refractivity contribution is 5.73. The Balaban J connectivity index is 2.73. The summed E-state index contributed by atoms with van der Waals surface area (Å²) < 4.78 is 5.24. The third-order valence-electron chi connectivity index (χ3n) is 3.32. The minimum atomic E-state index is -0.877. The van der Waals surface area contributed by atoms with Crippen molar-refractivity contribution in [3.05, 3.63) is 0 Å². The first kappa shape index (κ1) is 15.8. The summed E-state index contributed by atoms with van der Waals surface area (Å²) in [4.78, 5) is 23.0. The zero-order valence-corrected chi connectivity index (χ0v) is 12.1. The molecule has 1 aliphatic carbocycles. The third-order valence-corrected chi connectivity index (χ3v) is 3.32. The van der Waals surface area contributed by atoms with Crippen molar-refractivity contribution in [1.29, 1.82) is 0 Å². The molecular weight excluding hydrogens is 246 g/mol. The van der Waals surface area contributed by atoms with E-state index in [1.807, 2.05) is 0 Å². The molecule has 0 heterocycles. The molecule has 1 fully saturated rings. The van der Waals surface area contributed by atoms with Crippen molar-refractivity contribution in [1.82, 2.24) is 5.32 Å². The average Bonchev–Trinajstić information content (AvgIpc) is 2.39. The molecule has 0 atom stereocenters. The standard InChI is InChI=1S/C14H25NO4/c1-13(2,3)19-12(18)15-14(10-11(16)17)8-6-4-5-7-9-14/h4-10H2,1-3H3,(H,15,18)(H,16,17). The monoisotopic (exact) mass is 271 g/mol. The topological polar surface area (TPSA) is 75.6 Å². The predicted octanol–water partition coefficient (Wildman–Crippen LogP) is 3.08. The zero-order valence-electron chi connectivity index (χ0n) is 12.1. The van der Waals surface area contributed by atoms with Crippen LogP contribution in [0, 0.1) is 0 Å². The maximum absolute atomic E-state index is 11.9. The van der Waals surface area contributed by atoms with Crippen molar-refractivity contribution in [3.63, 3.8) is 0 Å². The van der Waals surface area contributed by atoms with Gasteiger partial charge in [0.15, 0.2) is 0 Å². The molecule has 5 heteroatoms. The summed E-state index contributed by atoms with van der Waals surface area (Å²) in [5.41, 5.74) is -1.22. The van der Waals surface area contributed by atoms with E-state index in [0.29, 0.717) is 12.8 Å².